The van der Waals surface area contributed by atoms with Gasteiger partial charge < -0.3 is 0 Å². The van der Waals surface area contributed by atoms with Gasteiger partial charge in [0.2, 0.25) is 11.8 Å². The molecule has 0 aromatic heterocycles. The molecule has 0 radical (unpaired) electrons. The Kier molecular flexibility index (Phi) is 3.57. The molecule has 2 aromatic rings. The third-order valence-corrected chi connectivity index (χ3v) is 3.98. The highest BCUT2D eigenvalue weighted by Gasteiger charge is 2.39. The van der Waals surface area contributed by atoms with Crippen molar-refractivity contribution in [2.45, 2.75) is 19.8 Å². The van der Waals surface area contributed by atoms with Crippen molar-refractivity contribution in [3.63, 3.8) is 0 Å². The normalized spacial score (nSPS) is 18.3. The Hall–Kier alpha value is -2.42. The van der Waals surface area contributed by atoms with Crippen LogP contribution in [0.25, 0.3) is 0 Å². The van der Waals surface area contributed by atoms with E-state index in [2.05, 4.69) is 0 Å². The number of rotatable bonds is 3. The molecule has 0 N–H and O–H groups in total. The number of carbonyl (C=O) groups excluding carboxylic acids is 2. The van der Waals surface area contributed by atoms with E-state index >= 15 is 0 Å². The van der Waals surface area contributed by atoms with Crippen LogP contribution in [0.3, 0.4) is 0 Å². The summed E-state index contributed by atoms with van der Waals surface area (Å²) in [5, 5.41) is 0. The third kappa shape index (κ3) is 2.59. The zero-order valence-corrected chi connectivity index (χ0v) is 12.0. The van der Waals surface area contributed by atoms with Gasteiger partial charge in [-0.25, -0.2) is 0 Å². The molecule has 3 heteroatoms. The highest BCUT2D eigenvalue weighted by atomic mass is 16.2. The molecule has 1 saturated heterocycles. The molecule has 0 aliphatic carbocycles. The van der Waals surface area contributed by atoms with Crippen molar-refractivity contribution in [2.75, 3.05) is 4.90 Å². The van der Waals surface area contributed by atoms with Gasteiger partial charge in [0.15, 0.2) is 0 Å². The Morgan fingerprint density at radius 1 is 1.00 bits per heavy atom. The first kappa shape index (κ1) is 13.6. The van der Waals surface area contributed by atoms with Gasteiger partial charge in [0, 0.05) is 6.42 Å². The van der Waals surface area contributed by atoms with Crippen LogP contribution in [0.5, 0.6) is 0 Å². The fourth-order valence-electron chi connectivity index (χ4n) is 2.81. The van der Waals surface area contributed by atoms with E-state index < -0.39 is 0 Å². The van der Waals surface area contributed by atoms with Crippen LogP contribution in [0.2, 0.25) is 0 Å². The fraction of sp³-hybridized carbons (Fsp3) is 0.222. The molecule has 3 nitrogen and oxygen atoms in total. The average molecular weight is 279 g/mol. The van der Waals surface area contributed by atoms with E-state index in [-0.39, 0.29) is 17.7 Å². The molecular formula is C18H17NO2. The second-order valence-electron chi connectivity index (χ2n) is 5.43. The molecule has 0 saturated carbocycles. The predicted molar refractivity (Wildman–Crippen MR) is 81.9 cm³/mol. The molecule has 0 spiro atoms. The van der Waals surface area contributed by atoms with Crippen LogP contribution in [0.4, 0.5) is 5.69 Å². The largest absolute Gasteiger partial charge is 0.274 e. The van der Waals surface area contributed by atoms with Crippen molar-refractivity contribution in [1.82, 2.24) is 0 Å². The van der Waals surface area contributed by atoms with Crippen molar-refractivity contribution in [2.24, 2.45) is 5.92 Å². The van der Waals surface area contributed by atoms with Crippen LogP contribution in [-0.4, -0.2) is 11.8 Å². The molecular weight excluding hydrogens is 262 g/mol. The van der Waals surface area contributed by atoms with Gasteiger partial charge in [-0.1, -0.05) is 42.5 Å². The number of hydrogen-bond acceptors (Lipinski definition) is 2. The second-order valence-corrected chi connectivity index (χ2v) is 5.43. The lowest BCUT2D eigenvalue weighted by atomic mass is 9.95. The zero-order valence-electron chi connectivity index (χ0n) is 12.0. The SMILES string of the molecule is Cc1ccccc1CC1CC(=O)N(c2ccccc2)C1=O. The molecule has 1 unspecified atom stereocenters. The lowest BCUT2D eigenvalue weighted by Crippen LogP contribution is -2.30. The fourth-order valence-corrected chi connectivity index (χ4v) is 2.81. The van der Waals surface area contributed by atoms with E-state index in [1.807, 2.05) is 49.4 Å². The van der Waals surface area contributed by atoms with Gasteiger partial charge in [-0.2, -0.15) is 0 Å². The van der Waals surface area contributed by atoms with Crippen molar-refractivity contribution in [1.29, 1.82) is 0 Å². The van der Waals surface area contributed by atoms with Crippen LogP contribution in [0.15, 0.2) is 54.6 Å². The van der Waals surface area contributed by atoms with Crippen LogP contribution in [-0.2, 0) is 16.0 Å². The third-order valence-electron chi connectivity index (χ3n) is 3.98. The van der Waals surface area contributed by atoms with Crippen molar-refractivity contribution in [3.05, 3.63) is 65.7 Å². The van der Waals surface area contributed by atoms with Gasteiger partial charge in [-0.05, 0) is 36.6 Å². The summed E-state index contributed by atoms with van der Waals surface area (Å²) < 4.78 is 0. The Balaban J connectivity index is 1.83. The first-order valence-electron chi connectivity index (χ1n) is 7.13. The minimum absolute atomic E-state index is 0.0885. The van der Waals surface area contributed by atoms with Crippen LogP contribution < -0.4 is 4.90 Å². The monoisotopic (exact) mass is 279 g/mol. The Morgan fingerprint density at radius 2 is 1.67 bits per heavy atom. The zero-order chi connectivity index (χ0) is 14.8. The number of carbonyl (C=O) groups is 2. The van der Waals surface area contributed by atoms with E-state index in [4.69, 9.17) is 0 Å². The molecule has 3 rings (SSSR count). The minimum Gasteiger partial charge on any atom is -0.274 e. The number of nitrogens with zero attached hydrogens (tertiary/aromatic N) is 1. The van der Waals surface area contributed by atoms with Gasteiger partial charge in [0.05, 0.1) is 11.6 Å². The molecule has 1 aliphatic rings. The average Bonchev–Trinajstić information content (AvgIpc) is 2.77. The summed E-state index contributed by atoms with van der Waals surface area (Å²) in [5.74, 6) is -0.446. The number of hydrogen-bond donors (Lipinski definition) is 0. The number of para-hydroxylation sites is 1. The molecule has 1 atom stereocenters. The number of anilines is 1. The predicted octanol–water partition coefficient (Wildman–Crippen LogP) is 3.12. The summed E-state index contributed by atoms with van der Waals surface area (Å²) in [6.45, 7) is 2.03. The highest BCUT2D eigenvalue weighted by Crippen LogP contribution is 2.29. The summed E-state index contributed by atoms with van der Waals surface area (Å²) in [7, 11) is 0. The Bertz CT molecular complexity index is 679. The maximum atomic E-state index is 12.5. The Labute approximate surface area is 124 Å². The number of imide groups is 1. The molecule has 1 aliphatic heterocycles. The van der Waals surface area contributed by atoms with Crippen molar-refractivity contribution >= 4 is 17.5 Å². The molecule has 1 heterocycles. The summed E-state index contributed by atoms with van der Waals surface area (Å²) >= 11 is 0. The number of amides is 2. The molecule has 2 aromatic carbocycles. The lowest BCUT2D eigenvalue weighted by molar-refractivity contribution is -0.122. The van der Waals surface area contributed by atoms with E-state index in [0.29, 0.717) is 18.5 Å². The molecule has 106 valence electrons. The maximum absolute atomic E-state index is 12.5. The molecule has 21 heavy (non-hydrogen) atoms. The molecule has 0 bridgehead atoms. The van der Waals surface area contributed by atoms with Crippen LogP contribution in [0.1, 0.15) is 17.5 Å². The second kappa shape index (κ2) is 5.52. The summed E-state index contributed by atoms with van der Waals surface area (Å²) in [6, 6.07) is 17.2. The first-order chi connectivity index (χ1) is 10.2. The number of benzene rings is 2. The van der Waals surface area contributed by atoms with E-state index in [1.165, 1.54) is 4.90 Å². The highest BCUT2D eigenvalue weighted by molar-refractivity contribution is 6.20. The Morgan fingerprint density at radius 3 is 2.38 bits per heavy atom. The quantitative estimate of drug-likeness (QED) is 0.810. The summed E-state index contributed by atoms with van der Waals surface area (Å²) in [4.78, 5) is 26.0. The van der Waals surface area contributed by atoms with Gasteiger partial charge >= 0.3 is 0 Å². The number of aryl methyl sites for hydroxylation is 1. The van der Waals surface area contributed by atoms with Crippen LogP contribution in [0, 0.1) is 12.8 Å². The van der Waals surface area contributed by atoms with Gasteiger partial charge in [-0.3, -0.25) is 14.5 Å². The topological polar surface area (TPSA) is 37.4 Å². The van der Waals surface area contributed by atoms with Crippen LogP contribution >= 0.6 is 0 Å². The first-order valence-corrected chi connectivity index (χ1v) is 7.13. The smallest absolute Gasteiger partial charge is 0.237 e. The van der Waals surface area contributed by atoms with Gasteiger partial charge in [0.25, 0.3) is 0 Å². The van der Waals surface area contributed by atoms with Crippen molar-refractivity contribution in [3.8, 4) is 0 Å². The lowest BCUT2D eigenvalue weighted by Gasteiger charge is -2.15. The molecule has 2 amide bonds. The summed E-state index contributed by atoms with van der Waals surface area (Å²) in [6.07, 6.45) is 0.919. The van der Waals surface area contributed by atoms with Gasteiger partial charge in [-0.15, -0.1) is 0 Å². The van der Waals surface area contributed by atoms with Gasteiger partial charge in [0.1, 0.15) is 0 Å². The minimum atomic E-state index is -0.251. The standard InChI is InChI=1S/C18H17NO2/c1-13-7-5-6-8-14(13)11-15-12-17(20)19(18(15)21)16-9-3-2-4-10-16/h2-10,15H,11-12H2,1H3. The van der Waals surface area contributed by atoms with E-state index in [0.717, 1.165) is 11.1 Å². The molecule has 1 fully saturated rings. The van der Waals surface area contributed by atoms with E-state index in [1.54, 1.807) is 12.1 Å². The maximum Gasteiger partial charge on any atom is 0.237 e. The van der Waals surface area contributed by atoms with Crippen molar-refractivity contribution < 1.29 is 9.59 Å². The van der Waals surface area contributed by atoms with E-state index in [9.17, 15) is 9.59 Å². The summed E-state index contributed by atoms with van der Waals surface area (Å²) in [5.41, 5.74) is 2.97.